The topological polar surface area (TPSA) is 60.2 Å². The highest BCUT2D eigenvalue weighted by atomic mass is 16.2. The highest BCUT2D eigenvalue weighted by molar-refractivity contribution is 5.93. The molecular formula is C8H13NO2. The Morgan fingerprint density at radius 1 is 1.27 bits per heavy atom. The van der Waals surface area contributed by atoms with Crippen LogP contribution in [0.5, 0.6) is 0 Å². The lowest BCUT2D eigenvalue weighted by Gasteiger charge is -1.96. The van der Waals surface area contributed by atoms with Crippen molar-refractivity contribution in [3.05, 3.63) is 0 Å². The van der Waals surface area contributed by atoms with Crippen LogP contribution in [0.1, 0.15) is 20.8 Å². The lowest BCUT2D eigenvalue weighted by Crippen LogP contribution is -2.16. The van der Waals surface area contributed by atoms with Gasteiger partial charge in [-0.15, -0.1) is 0 Å². The lowest BCUT2D eigenvalue weighted by molar-refractivity contribution is -0.123. The fourth-order valence-corrected chi connectivity index (χ4v) is 1.93. The van der Waals surface area contributed by atoms with Crippen molar-refractivity contribution in [2.24, 2.45) is 23.0 Å². The summed E-state index contributed by atoms with van der Waals surface area (Å²) in [5, 5.41) is 0. The number of hydrogen-bond acceptors (Lipinski definition) is 2. The van der Waals surface area contributed by atoms with Gasteiger partial charge in [0.2, 0.25) is 5.91 Å². The molecule has 1 saturated carbocycles. The Morgan fingerprint density at radius 2 is 1.73 bits per heavy atom. The van der Waals surface area contributed by atoms with E-state index in [4.69, 9.17) is 5.73 Å². The molecule has 1 aliphatic carbocycles. The number of nitrogens with two attached hydrogens (primary N) is 1. The summed E-state index contributed by atoms with van der Waals surface area (Å²) in [4.78, 5) is 21.7. The molecule has 11 heavy (non-hydrogen) atoms. The number of carbonyl (C=O) groups is 2. The first kappa shape index (κ1) is 8.24. The monoisotopic (exact) mass is 155 g/mol. The van der Waals surface area contributed by atoms with Crippen LogP contribution in [0.25, 0.3) is 0 Å². The normalized spacial score (nSPS) is 33.0. The minimum Gasteiger partial charge on any atom is -0.369 e. The number of hydrogen-bond donors (Lipinski definition) is 1. The van der Waals surface area contributed by atoms with E-state index in [1.54, 1.807) is 0 Å². The predicted octanol–water partition coefficient (Wildman–Crippen LogP) is 0.333. The first-order chi connectivity index (χ1) is 4.89. The Morgan fingerprint density at radius 3 is 1.82 bits per heavy atom. The van der Waals surface area contributed by atoms with E-state index in [0.29, 0.717) is 0 Å². The molecule has 0 bridgehead atoms. The third kappa shape index (κ3) is 1.04. The molecule has 0 aromatic carbocycles. The highest BCUT2D eigenvalue weighted by Gasteiger charge is 2.63. The summed E-state index contributed by atoms with van der Waals surface area (Å²) in [6.45, 7) is 5.30. The summed E-state index contributed by atoms with van der Waals surface area (Å²) >= 11 is 0. The van der Waals surface area contributed by atoms with Crippen molar-refractivity contribution in [3.8, 4) is 0 Å². The van der Waals surface area contributed by atoms with Gasteiger partial charge in [0, 0.05) is 5.92 Å². The van der Waals surface area contributed by atoms with E-state index in [1.165, 1.54) is 6.92 Å². The molecule has 1 rings (SSSR count). The van der Waals surface area contributed by atoms with Crippen molar-refractivity contribution in [1.82, 2.24) is 0 Å². The first-order valence-electron chi connectivity index (χ1n) is 3.68. The van der Waals surface area contributed by atoms with Crippen molar-refractivity contribution >= 4 is 11.7 Å². The number of carbonyl (C=O) groups excluding carboxylic acids is 2. The molecule has 62 valence electrons. The van der Waals surface area contributed by atoms with Gasteiger partial charge < -0.3 is 5.73 Å². The summed E-state index contributed by atoms with van der Waals surface area (Å²) < 4.78 is 0. The van der Waals surface area contributed by atoms with Crippen LogP contribution in [0.15, 0.2) is 0 Å². The molecule has 1 aliphatic rings. The number of Topliss-reactive ketones (excluding diaryl/α,β-unsaturated/α-hetero) is 1. The Labute approximate surface area is 66.0 Å². The van der Waals surface area contributed by atoms with Crippen molar-refractivity contribution < 1.29 is 9.59 Å². The van der Waals surface area contributed by atoms with Gasteiger partial charge in [-0.3, -0.25) is 9.59 Å². The summed E-state index contributed by atoms with van der Waals surface area (Å²) in [7, 11) is 0. The number of primary amides is 1. The first-order valence-corrected chi connectivity index (χ1v) is 3.68. The van der Waals surface area contributed by atoms with Gasteiger partial charge in [0.25, 0.3) is 0 Å². The molecule has 0 aliphatic heterocycles. The molecule has 0 heterocycles. The molecule has 2 atom stereocenters. The summed E-state index contributed by atoms with van der Waals surface area (Å²) in [5.74, 6) is -0.658. The molecule has 0 saturated heterocycles. The van der Waals surface area contributed by atoms with Crippen LogP contribution in [0.3, 0.4) is 0 Å². The van der Waals surface area contributed by atoms with E-state index in [9.17, 15) is 9.59 Å². The van der Waals surface area contributed by atoms with E-state index in [0.717, 1.165) is 0 Å². The van der Waals surface area contributed by atoms with Crippen molar-refractivity contribution in [2.75, 3.05) is 0 Å². The second-order valence-corrected chi connectivity index (χ2v) is 3.79. The van der Waals surface area contributed by atoms with Gasteiger partial charge in [0.15, 0.2) is 0 Å². The molecule has 2 unspecified atom stereocenters. The summed E-state index contributed by atoms with van der Waals surface area (Å²) in [6.07, 6.45) is 0. The van der Waals surface area contributed by atoms with E-state index >= 15 is 0 Å². The molecular weight excluding hydrogens is 142 g/mol. The summed E-state index contributed by atoms with van der Waals surface area (Å²) in [5.41, 5.74) is 4.91. The largest absolute Gasteiger partial charge is 0.369 e. The second kappa shape index (κ2) is 2.06. The maximum Gasteiger partial charge on any atom is 0.221 e. The zero-order valence-electron chi connectivity index (χ0n) is 7.05. The van der Waals surface area contributed by atoms with Crippen LogP contribution in [0.4, 0.5) is 0 Å². The minimum absolute atomic E-state index is 0.0683. The Hall–Kier alpha value is -0.860. The SMILES string of the molecule is CC(=O)C1C(C(N)=O)C1(C)C. The average Bonchev–Trinajstić information content (AvgIpc) is 2.33. The Bertz CT molecular complexity index is 198. The average molecular weight is 155 g/mol. The zero-order valence-corrected chi connectivity index (χ0v) is 7.05. The molecule has 1 amide bonds. The molecule has 0 aromatic heterocycles. The van der Waals surface area contributed by atoms with Gasteiger partial charge in [0.1, 0.15) is 5.78 Å². The molecule has 3 nitrogen and oxygen atoms in total. The molecule has 0 radical (unpaired) electrons. The fraction of sp³-hybridized carbons (Fsp3) is 0.750. The van der Waals surface area contributed by atoms with Gasteiger partial charge in [-0.25, -0.2) is 0 Å². The van der Waals surface area contributed by atoms with Crippen molar-refractivity contribution in [2.45, 2.75) is 20.8 Å². The van der Waals surface area contributed by atoms with Crippen LogP contribution >= 0.6 is 0 Å². The molecule has 3 heteroatoms. The molecule has 0 aromatic rings. The van der Waals surface area contributed by atoms with Crippen LogP contribution in [0, 0.1) is 17.3 Å². The third-order valence-electron chi connectivity index (χ3n) is 2.57. The molecule has 2 N–H and O–H groups in total. The maximum atomic E-state index is 10.9. The van der Waals surface area contributed by atoms with Crippen molar-refractivity contribution in [1.29, 1.82) is 0 Å². The van der Waals surface area contributed by atoms with Gasteiger partial charge in [-0.1, -0.05) is 13.8 Å². The van der Waals surface area contributed by atoms with Gasteiger partial charge in [-0.2, -0.15) is 0 Å². The molecule has 1 fully saturated rings. The van der Waals surface area contributed by atoms with Gasteiger partial charge >= 0.3 is 0 Å². The van der Waals surface area contributed by atoms with Crippen LogP contribution in [0.2, 0.25) is 0 Å². The Balaban J connectivity index is 2.76. The van der Waals surface area contributed by atoms with E-state index in [1.807, 2.05) is 13.8 Å². The van der Waals surface area contributed by atoms with E-state index < -0.39 is 0 Å². The fourth-order valence-electron chi connectivity index (χ4n) is 1.93. The van der Waals surface area contributed by atoms with Crippen LogP contribution < -0.4 is 5.73 Å². The van der Waals surface area contributed by atoms with Crippen molar-refractivity contribution in [3.63, 3.8) is 0 Å². The number of rotatable bonds is 2. The minimum atomic E-state index is -0.352. The zero-order chi connectivity index (χ0) is 8.81. The third-order valence-corrected chi connectivity index (χ3v) is 2.57. The van der Waals surface area contributed by atoms with E-state index in [2.05, 4.69) is 0 Å². The van der Waals surface area contributed by atoms with E-state index in [-0.39, 0.29) is 28.9 Å². The van der Waals surface area contributed by atoms with Gasteiger partial charge in [-0.05, 0) is 12.3 Å². The predicted molar refractivity (Wildman–Crippen MR) is 40.6 cm³/mol. The second-order valence-electron chi connectivity index (χ2n) is 3.79. The molecule has 0 spiro atoms. The summed E-state index contributed by atoms with van der Waals surface area (Å²) in [6, 6.07) is 0. The maximum absolute atomic E-state index is 10.9. The number of amides is 1. The van der Waals surface area contributed by atoms with Crippen LogP contribution in [-0.4, -0.2) is 11.7 Å². The lowest BCUT2D eigenvalue weighted by atomic mass is 10.1. The smallest absolute Gasteiger partial charge is 0.221 e. The Kier molecular flexibility index (Phi) is 1.54. The van der Waals surface area contributed by atoms with Crippen LogP contribution in [-0.2, 0) is 9.59 Å². The van der Waals surface area contributed by atoms with Gasteiger partial charge in [0.05, 0.1) is 5.92 Å². The quantitative estimate of drug-likeness (QED) is 0.624. The highest BCUT2D eigenvalue weighted by Crippen LogP contribution is 2.58. The standard InChI is InChI=1S/C8H13NO2/c1-4(10)5-6(7(9)11)8(5,2)3/h5-6H,1-3H3,(H2,9,11). The number of ketones is 1.